The van der Waals surface area contributed by atoms with E-state index in [2.05, 4.69) is 45.8 Å². The summed E-state index contributed by atoms with van der Waals surface area (Å²) in [5.74, 6) is 1.63. The number of rotatable bonds is 10. The molecule has 0 atom stereocenters. The van der Waals surface area contributed by atoms with Gasteiger partial charge in [-0.25, -0.2) is 9.67 Å². The highest BCUT2D eigenvalue weighted by Crippen LogP contribution is 2.38. The van der Waals surface area contributed by atoms with Crippen molar-refractivity contribution in [3.8, 4) is 11.6 Å². The minimum Gasteiger partial charge on any atom is -0.494 e. The van der Waals surface area contributed by atoms with Crippen LogP contribution in [0.25, 0.3) is 5.82 Å². The average Bonchev–Trinajstić information content (AvgIpc) is 3.33. The molecule has 0 saturated carbocycles. The molecule has 1 fully saturated rings. The van der Waals surface area contributed by atoms with Crippen molar-refractivity contribution in [3.63, 3.8) is 0 Å². The van der Waals surface area contributed by atoms with E-state index in [0.717, 1.165) is 29.1 Å². The van der Waals surface area contributed by atoms with E-state index in [9.17, 15) is 4.79 Å². The van der Waals surface area contributed by atoms with Crippen molar-refractivity contribution in [3.05, 3.63) is 54.0 Å². The molecule has 11 nitrogen and oxygen atoms in total. The molecular weight excluding hydrogens is 496 g/mol. The number of nitrogens with zero attached hydrogens (tertiary/aromatic N) is 6. The number of ether oxygens (including phenoxy) is 2. The first-order valence-corrected chi connectivity index (χ1v) is 13.0. The first-order chi connectivity index (χ1) is 18.7. The SMILES string of the molecule is C=CC(=O)Nc1cc(Nc2ncc(C)c(-n3cc(CN(C)C)c(C(C)C)n3)n2)c(OC)cc1N1CCOCC1. The zero-order valence-corrected chi connectivity index (χ0v) is 23.6. The second-order valence-electron chi connectivity index (χ2n) is 10.1. The van der Waals surface area contributed by atoms with Crippen molar-refractivity contribution in [2.24, 2.45) is 0 Å². The number of benzene rings is 1. The van der Waals surface area contributed by atoms with E-state index in [1.165, 1.54) is 6.08 Å². The summed E-state index contributed by atoms with van der Waals surface area (Å²) in [5.41, 5.74) is 5.17. The molecule has 0 spiro atoms. The Hall–Kier alpha value is -3.96. The summed E-state index contributed by atoms with van der Waals surface area (Å²) in [6, 6.07) is 3.73. The van der Waals surface area contributed by atoms with Gasteiger partial charge in [-0.2, -0.15) is 10.1 Å². The zero-order valence-electron chi connectivity index (χ0n) is 23.6. The highest BCUT2D eigenvalue weighted by atomic mass is 16.5. The van der Waals surface area contributed by atoms with Crippen LogP contribution in [-0.2, 0) is 16.1 Å². The number of carbonyl (C=O) groups is 1. The maximum atomic E-state index is 12.3. The Kier molecular flexibility index (Phi) is 8.82. The summed E-state index contributed by atoms with van der Waals surface area (Å²) in [6.07, 6.45) is 5.05. The molecule has 0 unspecified atom stereocenters. The minimum atomic E-state index is -0.303. The fourth-order valence-electron chi connectivity index (χ4n) is 4.51. The molecule has 39 heavy (non-hydrogen) atoms. The van der Waals surface area contributed by atoms with Crippen molar-refractivity contribution in [2.45, 2.75) is 33.2 Å². The van der Waals surface area contributed by atoms with E-state index in [1.54, 1.807) is 13.3 Å². The molecule has 4 rings (SSSR count). The number of hydrogen-bond acceptors (Lipinski definition) is 9. The molecule has 1 aromatic carbocycles. The van der Waals surface area contributed by atoms with Crippen molar-refractivity contribution in [1.82, 2.24) is 24.6 Å². The van der Waals surface area contributed by atoms with Crippen LogP contribution in [0.2, 0.25) is 0 Å². The number of methoxy groups -OCH3 is 1. The van der Waals surface area contributed by atoms with E-state index >= 15 is 0 Å². The van der Waals surface area contributed by atoms with Crippen LogP contribution in [0.3, 0.4) is 0 Å². The van der Waals surface area contributed by atoms with Gasteiger partial charge in [-0.05, 0) is 39.1 Å². The van der Waals surface area contributed by atoms with Crippen LogP contribution in [0.4, 0.5) is 23.0 Å². The first-order valence-electron chi connectivity index (χ1n) is 13.0. The van der Waals surface area contributed by atoms with Gasteiger partial charge in [-0.3, -0.25) is 4.79 Å². The Bertz CT molecular complexity index is 1330. The van der Waals surface area contributed by atoms with Gasteiger partial charge in [0.1, 0.15) is 5.75 Å². The molecule has 2 aromatic heterocycles. The van der Waals surface area contributed by atoms with Gasteiger partial charge < -0.3 is 29.9 Å². The summed E-state index contributed by atoms with van der Waals surface area (Å²) < 4.78 is 13.1. The van der Waals surface area contributed by atoms with Gasteiger partial charge in [-0.1, -0.05) is 20.4 Å². The van der Waals surface area contributed by atoms with Crippen LogP contribution < -0.4 is 20.3 Å². The maximum absolute atomic E-state index is 12.3. The van der Waals surface area contributed by atoms with Crippen LogP contribution in [0.15, 0.2) is 37.2 Å². The Morgan fingerprint density at radius 2 is 2.00 bits per heavy atom. The molecule has 2 N–H and O–H groups in total. The summed E-state index contributed by atoms with van der Waals surface area (Å²) in [7, 11) is 5.70. The van der Waals surface area contributed by atoms with Gasteiger partial charge in [0.25, 0.3) is 0 Å². The lowest BCUT2D eigenvalue weighted by Crippen LogP contribution is -2.36. The molecule has 11 heteroatoms. The van der Waals surface area contributed by atoms with E-state index in [0.29, 0.717) is 55.2 Å². The predicted molar refractivity (Wildman–Crippen MR) is 154 cm³/mol. The number of carbonyl (C=O) groups excluding carboxylic acids is 1. The summed E-state index contributed by atoms with van der Waals surface area (Å²) in [4.78, 5) is 25.9. The summed E-state index contributed by atoms with van der Waals surface area (Å²) >= 11 is 0. The third kappa shape index (κ3) is 6.55. The van der Waals surface area contributed by atoms with Crippen molar-refractivity contribution in [1.29, 1.82) is 0 Å². The molecule has 0 aliphatic carbocycles. The Morgan fingerprint density at radius 1 is 1.26 bits per heavy atom. The number of aryl methyl sites for hydroxylation is 1. The number of aromatic nitrogens is 4. The fraction of sp³-hybridized carbons (Fsp3) is 0.429. The second kappa shape index (κ2) is 12.3. The molecule has 3 heterocycles. The van der Waals surface area contributed by atoms with Gasteiger partial charge in [0.2, 0.25) is 11.9 Å². The van der Waals surface area contributed by atoms with Gasteiger partial charge in [-0.15, -0.1) is 0 Å². The van der Waals surface area contributed by atoms with Gasteiger partial charge >= 0.3 is 0 Å². The Morgan fingerprint density at radius 3 is 2.64 bits per heavy atom. The van der Waals surface area contributed by atoms with Gasteiger partial charge in [0, 0.05) is 49.2 Å². The average molecular weight is 535 g/mol. The van der Waals surface area contributed by atoms with Crippen LogP contribution in [0, 0.1) is 6.92 Å². The topological polar surface area (TPSA) is 110 Å². The molecule has 1 aliphatic rings. The lowest BCUT2D eigenvalue weighted by molar-refractivity contribution is -0.111. The third-order valence-corrected chi connectivity index (χ3v) is 6.38. The Labute approximate surface area is 229 Å². The normalized spacial score (nSPS) is 13.6. The van der Waals surface area contributed by atoms with Crippen molar-refractivity contribution >= 4 is 28.9 Å². The number of anilines is 4. The summed E-state index contributed by atoms with van der Waals surface area (Å²) in [6.45, 7) is 13.2. The molecule has 3 aromatic rings. The lowest BCUT2D eigenvalue weighted by atomic mass is 10.1. The van der Waals surface area contributed by atoms with Crippen molar-refractivity contribution in [2.75, 3.05) is 63.0 Å². The predicted octanol–water partition coefficient (Wildman–Crippen LogP) is 3.87. The van der Waals surface area contributed by atoms with Crippen LogP contribution in [0.1, 0.15) is 36.6 Å². The van der Waals surface area contributed by atoms with Gasteiger partial charge in [0.15, 0.2) is 5.82 Å². The first kappa shape index (κ1) is 28.1. The number of hydrogen-bond donors (Lipinski definition) is 2. The largest absolute Gasteiger partial charge is 0.494 e. The smallest absolute Gasteiger partial charge is 0.247 e. The van der Waals surface area contributed by atoms with Crippen LogP contribution in [0.5, 0.6) is 5.75 Å². The molecule has 1 amide bonds. The maximum Gasteiger partial charge on any atom is 0.247 e. The molecule has 0 bridgehead atoms. The highest BCUT2D eigenvalue weighted by Gasteiger charge is 2.21. The number of nitrogens with one attached hydrogen (secondary N) is 2. The molecule has 1 saturated heterocycles. The van der Waals surface area contributed by atoms with E-state index in [1.807, 2.05) is 44.0 Å². The standard InChI is InChI=1S/C28H38N8O3/c1-8-25(37)30-21-13-22(24(38-7)14-23(21)35-9-11-39-12-10-35)31-28-29-15-19(4)27(32-28)36-17-20(16-34(5)6)26(33-36)18(2)3/h8,13-15,17-18H,1,9-12,16H2,2-7H3,(H,30,37)(H,29,31,32). The lowest BCUT2D eigenvalue weighted by Gasteiger charge is -2.31. The van der Waals surface area contributed by atoms with E-state index in [-0.39, 0.29) is 11.8 Å². The fourth-order valence-corrected chi connectivity index (χ4v) is 4.51. The number of amides is 1. The van der Waals surface area contributed by atoms with Crippen LogP contribution in [-0.4, -0.2) is 78.1 Å². The van der Waals surface area contributed by atoms with E-state index < -0.39 is 0 Å². The minimum absolute atomic E-state index is 0.277. The van der Waals surface area contributed by atoms with Crippen LogP contribution >= 0.6 is 0 Å². The Balaban J connectivity index is 1.71. The zero-order chi connectivity index (χ0) is 28.1. The van der Waals surface area contributed by atoms with Gasteiger partial charge in [0.05, 0.1) is 43.1 Å². The highest BCUT2D eigenvalue weighted by molar-refractivity contribution is 6.02. The van der Waals surface area contributed by atoms with E-state index in [4.69, 9.17) is 19.6 Å². The monoisotopic (exact) mass is 534 g/mol. The third-order valence-electron chi connectivity index (χ3n) is 6.38. The molecule has 0 radical (unpaired) electrons. The summed E-state index contributed by atoms with van der Waals surface area (Å²) in [5, 5.41) is 11.1. The second-order valence-corrected chi connectivity index (χ2v) is 10.1. The quantitative estimate of drug-likeness (QED) is 0.375. The molecule has 1 aliphatic heterocycles. The van der Waals surface area contributed by atoms with Crippen molar-refractivity contribution < 1.29 is 14.3 Å². The molecule has 208 valence electrons. The number of morpholine rings is 1. The molecular formula is C28H38N8O3.